The van der Waals surface area contributed by atoms with Gasteiger partial charge >= 0.3 is 5.97 Å². The van der Waals surface area contributed by atoms with Crippen molar-refractivity contribution in [2.45, 2.75) is 56.2 Å². The highest BCUT2D eigenvalue weighted by molar-refractivity contribution is 9.09. The van der Waals surface area contributed by atoms with Crippen LogP contribution in [-0.2, 0) is 23.9 Å². The maximum atomic E-state index is 13.7. The van der Waals surface area contributed by atoms with Gasteiger partial charge < -0.3 is 24.8 Å². The van der Waals surface area contributed by atoms with Crippen molar-refractivity contribution < 1.29 is 29.0 Å². The van der Waals surface area contributed by atoms with Crippen molar-refractivity contribution in [1.29, 1.82) is 0 Å². The molecule has 0 radical (unpaired) electrons. The number of para-hydroxylation sites is 1. The number of nitrogens with zero attached hydrogens (tertiary/aromatic N) is 1. The zero-order chi connectivity index (χ0) is 23.2. The average Bonchev–Trinajstić information content (AvgIpc) is 3.33. The van der Waals surface area contributed by atoms with Gasteiger partial charge in [0.1, 0.15) is 11.6 Å². The van der Waals surface area contributed by atoms with Gasteiger partial charge in [-0.25, -0.2) is 0 Å². The topological polar surface area (TPSA) is 105 Å². The van der Waals surface area contributed by atoms with Gasteiger partial charge in [-0.15, -0.1) is 0 Å². The number of rotatable bonds is 7. The molecular weight excluding hydrogens is 480 g/mol. The van der Waals surface area contributed by atoms with Crippen molar-refractivity contribution in [3.8, 4) is 0 Å². The van der Waals surface area contributed by atoms with Gasteiger partial charge in [-0.05, 0) is 44.7 Å². The first-order chi connectivity index (χ1) is 15.3. The second-order valence-electron chi connectivity index (χ2n) is 8.78. The van der Waals surface area contributed by atoms with Gasteiger partial charge in [0.05, 0.1) is 24.5 Å². The molecule has 2 bridgehead atoms. The molecular formula is C23H29BrN2O6. The van der Waals surface area contributed by atoms with Crippen LogP contribution in [0.2, 0.25) is 0 Å². The van der Waals surface area contributed by atoms with E-state index in [4.69, 9.17) is 9.47 Å². The van der Waals surface area contributed by atoms with Crippen molar-refractivity contribution in [3.05, 3.63) is 29.3 Å². The molecule has 3 fully saturated rings. The van der Waals surface area contributed by atoms with E-state index in [9.17, 15) is 19.5 Å². The van der Waals surface area contributed by atoms with Gasteiger partial charge in [-0.3, -0.25) is 14.4 Å². The smallest absolute Gasteiger partial charge is 0.312 e. The predicted octanol–water partition coefficient (Wildman–Crippen LogP) is 1.94. The van der Waals surface area contributed by atoms with E-state index < -0.39 is 35.6 Å². The van der Waals surface area contributed by atoms with Gasteiger partial charge in [0.25, 0.3) is 0 Å². The number of anilines is 1. The fourth-order valence-electron chi connectivity index (χ4n) is 5.62. The lowest BCUT2D eigenvalue weighted by Gasteiger charge is -2.34. The number of likely N-dealkylation sites (tertiary alicyclic amines) is 1. The van der Waals surface area contributed by atoms with E-state index in [-0.39, 0.29) is 36.4 Å². The second-order valence-corrected chi connectivity index (χ2v) is 9.96. The van der Waals surface area contributed by atoms with Crippen LogP contribution in [-0.4, -0.2) is 70.1 Å². The Morgan fingerprint density at radius 2 is 2.03 bits per heavy atom. The van der Waals surface area contributed by atoms with E-state index in [1.165, 1.54) is 4.90 Å². The summed E-state index contributed by atoms with van der Waals surface area (Å²) in [5.74, 6) is -2.66. The Labute approximate surface area is 195 Å². The highest BCUT2D eigenvalue weighted by Gasteiger charge is 2.76. The summed E-state index contributed by atoms with van der Waals surface area (Å²) in [6.07, 6.45) is 0.232. The maximum absolute atomic E-state index is 13.7. The minimum Gasteiger partial charge on any atom is -0.466 e. The van der Waals surface area contributed by atoms with Crippen LogP contribution in [0.5, 0.6) is 0 Å². The summed E-state index contributed by atoms with van der Waals surface area (Å²) in [6.45, 7) is 5.84. The molecule has 0 aliphatic carbocycles. The Balaban J connectivity index is 1.73. The minimum atomic E-state index is -1.12. The van der Waals surface area contributed by atoms with E-state index in [1.54, 1.807) is 6.92 Å². The minimum absolute atomic E-state index is 0.113. The first-order valence-corrected chi connectivity index (χ1v) is 11.9. The summed E-state index contributed by atoms with van der Waals surface area (Å²) in [5.41, 5.74) is 1.41. The van der Waals surface area contributed by atoms with Gasteiger partial charge in [0, 0.05) is 23.7 Å². The number of halogens is 1. The van der Waals surface area contributed by atoms with E-state index in [0.717, 1.165) is 11.1 Å². The molecule has 6 atom stereocenters. The summed E-state index contributed by atoms with van der Waals surface area (Å²) in [7, 11) is 0. The number of aliphatic hydroxyl groups excluding tert-OH is 1. The largest absolute Gasteiger partial charge is 0.466 e. The maximum Gasteiger partial charge on any atom is 0.312 e. The predicted molar refractivity (Wildman–Crippen MR) is 120 cm³/mol. The van der Waals surface area contributed by atoms with Crippen molar-refractivity contribution >= 4 is 39.4 Å². The molecule has 9 heteroatoms. The molecule has 3 aliphatic heterocycles. The number of alkyl halides is 1. The van der Waals surface area contributed by atoms with Crippen LogP contribution in [0.25, 0.3) is 0 Å². The Morgan fingerprint density at radius 1 is 1.34 bits per heavy atom. The molecule has 1 aromatic rings. The number of nitrogens with one attached hydrogen (secondary N) is 1. The molecule has 32 heavy (non-hydrogen) atoms. The third-order valence-corrected chi connectivity index (χ3v) is 7.73. The van der Waals surface area contributed by atoms with Gasteiger partial charge in [0.2, 0.25) is 11.8 Å². The van der Waals surface area contributed by atoms with Crippen molar-refractivity contribution in [3.63, 3.8) is 0 Å². The van der Waals surface area contributed by atoms with Crippen LogP contribution >= 0.6 is 15.9 Å². The SMILES string of the molecule is CCOC(=O)[C@H]1[C@@H]2OC3(CC2Br)C(C(=O)Nc2c(C)cccc2C)N(CCCO)C(=O)[C@H]13. The molecule has 0 aromatic heterocycles. The number of aliphatic hydroxyl groups is 1. The number of benzene rings is 1. The highest BCUT2D eigenvalue weighted by atomic mass is 79.9. The Hall–Kier alpha value is -1.97. The van der Waals surface area contributed by atoms with Crippen molar-refractivity contribution in [2.24, 2.45) is 11.8 Å². The van der Waals surface area contributed by atoms with E-state index in [1.807, 2.05) is 32.0 Å². The molecule has 2 N–H and O–H groups in total. The number of hydrogen-bond acceptors (Lipinski definition) is 6. The zero-order valence-electron chi connectivity index (χ0n) is 18.5. The third kappa shape index (κ3) is 3.45. The molecule has 8 nitrogen and oxygen atoms in total. The Kier molecular flexibility index (Phi) is 6.35. The van der Waals surface area contributed by atoms with Gasteiger partial charge in [-0.1, -0.05) is 34.1 Å². The Bertz CT molecular complexity index is 919. The molecule has 0 saturated carbocycles. The quantitative estimate of drug-likeness (QED) is 0.430. The number of carbonyl (C=O) groups is 3. The monoisotopic (exact) mass is 508 g/mol. The van der Waals surface area contributed by atoms with Gasteiger partial charge in [-0.2, -0.15) is 0 Å². The van der Waals surface area contributed by atoms with Crippen molar-refractivity contribution in [2.75, 3.05) is 25.1 Å². The molecule has 2 amide bonds. The molecule has 3 aliphatic rings. The molecule has 1 aromatic carbocycles. The van der Waals surface area contributed by atoms with Crippen molar-refractivity contribution in [1.82, 2.24) is 4.90 Å². The first kappa shape index (κ1) is 23.2. The summed E-state index contributed by atoms with van der Waals surface area (Å²) < 4.78 is 11.6. The van der Waals surface area contributed by atoms with Crippen LogP contribution in [0.1, 0.15) is 30.9 Å². The van der Waals surface area contributed by atoms with Crippen LogP contribution in [0.15, 0.2) is 18.2 Å². The van der Waals surface area contributed by atoms with E-state index >= 15 is 0 Å². The van der Waals surface area contributed by atoms with E-state index in [0.29, 0.717) is 18.5 Å². The second kappa shape index (κ2) is 8.76. The number of esters is 1. The molecule has 3 unspecified atom stereocenters. The first-order valence-electron chi connectivity index (χ1n) is 11.0. The number of hydrogen-bond donors (Lipinski definition) is 2. The standard InChI is InChI=1S/C23H29BrN2O6/c1-4-31-22(30)15-16-21(29)26(9-6-10-27)19(23(16)11-14(24)18(15)32-23)20(28)25-17-12(2)7-5-8-13(17)3/h5,7-8,14-16,18-19,27H,4,6,9-11H2,1-3H3,(H,25,28)/t14?,15-,16+,18-,19?,23?/m1/s1. The molecule has 4 rings (SSSR count). The van der Waals surface area contributed by atoms with Gasteiger partial charge in [0.15, 0.2) is 0 Å². The lowest BCUT2D eigenvalue weighted by atomic mass is 9.70. The summed E-state index contributed by atoms with van der Waals surface area (Å²) in [6, 6.07) is 4.84. The number of amides is 2. The van der Waals surface area contributed by atoms with Crippen LogP contribution < -0.4 is 5.32 Å². The molecule has 3 heterocycles. The van der Waals surface area contributed by atoms with E-state index in [2.05, 4.69) is 21.2 Å². The summed E-state index contributed by atoms with van der Waals surface area (Å²) in [4.78, 5) is 41.4. The Morgan fingerprint density at radius 3 is 2.66 bits per heavy atom. The fourth-order valence-corrected chi connectivity index (χ4v) is 6.57. The lowest BCUT2D eigenvalue weighted by molar-refractivity contribution is -0.154. The fraction of sp³-hybridized carbons (Fsp3) is 0.609. The molecule has 3 saturated heterocycles. The van der Waals surface area contributed by atoms with Crippen LogP contribution in [0.4, 0.5) is 5.69 Å². The number of aryl methyl sites for hydroxylation is 2. The normalized spacial score (nSPS) is 32.8. The zero-order valence-corrected chi connectivity index (χ0v) is 20.1. The van der Waals surface area contributed by atoms with Crippen LogP contribution in [0, 0.1) is 25.7 Å². The van der Waals surface area contributed by atoms with Crippen LogP contribution in [0.3, 0.4) is 0 Å². The third-order valence-electron chi connectivity index (χ3n) is 6.88. The highest BCUT2D eigenvalue weighted by Crippen LogP contribution is 2.60. The number of ether oxygens (including phenoxy) is 2. The number of carbonyl (C=O) groups excluding carboxylic acids is 3. The molecule has 174 valence electrons. The lowest BCUT2D eigenvalue weighted by Crippen LogP contribution is -2.54. The molecule has 1 spiro atoms. The number of fused-ring (bicyclic) bond motifs is 1. The average molecular weight is 509 g/mol. The summed E-state index contributed by atoms with van der Waals surface area (Å²) >= 11 is 3.61. The summed E-state index contributed by atoms with van der Waals surface area (Å²) in [5, 5.41) is 12.4.